The first-order chi connectivity index (χ1) is 8.06. The Bertz CT molecular complexity index is 277. The molecule has 17 heavy (non-hydrogen) atoms. The summed E-state index contributed by atoms with van der Waals surface area (Å²) in [6.45, 7) is 3.79. The van der Waals surface area contributed by atoms with Crippen molar-refractivity contribution >= 4 is 23.6 Å². The molecule has 0 aromatic heterocycles. The number of carboxylic acids is 1. The fourth-order valence-electron chi connectivity index (χ4n) is 1.91. The normalized spacial score (nSPS) is 20.6. The van der Waals surface area contributed by atoms with Crippen LogP contribution in [0.2, 0.25) is 0 Å². The number of thioether (sulfide) groups is 1. The lowest BCUT2D eigenvalue weighted by Gasteiger charge is -2.25. The number of hydrogen-bond donors (Lipinski definition) is 2. The molecule has 1 heterocycles. The number of hydrogen-bond acceptors (Lipinski definition) is 3. The second-order valence-corrected chi connectivity index (χ2v) is 5.82. The van der Waals surface area contributed by atoms with Crippen molar-refractivity contribution in [2.24, 2.45) is 11.8 Å². The molecule has 0 aromatic rings. The maximum absolute atomic E-state index is 11.9. The Kier molecular flexibility index (Phi) is 5.82. The Morgan fingerprint density at radius 1 is 1.41 bits per heavy atom. The molecule has 0 aliphatic carbocycles. The van der Waals surface area contributed by atoms with Gasteiger partial charge in [0.25, 0.3) is 0 Å². The van der Waals surface area contributed by atoms with Crippen molar-refractivity contribution in [1.82, 2.24) is 5.32 Å². The first-order valence-electron chi connectivity index (χ1n) is 6.17. The molecule has 0 unspecified atom stereocenters. The van der Waals surface area contributed by atoms with Gasteiger partial charge in [0.15, 0.2) is 0 Å². The smallest absolute Gasteiger partial charge is 0.326 e. The summed E-state index contributed by atoms with van der Waals surface area (Å²) >= 11 is 1.86. The molecular formula is C12H21NO3S. The molecule has 1 amide bonds. The molecule has 0 radical (unpaired) electrons. The van der Waals surface area contributed by atoms with E-state index < -0.39 is 12.0 Å². The number of carboxylic acid groups (broad SMARTS) is 1. The van der Waals surface area contributed by atoms with E-state index in [1.165, 1.54) is 0 Å². The molecule has 2 atom stereocenters. The van der Waals surface area contributed by atoms with E-state index in [0.717, 1.165) is 30.8 Å². The monoisotopic (exact) mass is 259 g/mol. The third-order valence-electron chi connectivity index (χ3n) is 3.37. The van der Waals surface area contributed by atoms with Crippen LogP contribution in [0, 0.1) is 11.8 Å². The first kappa shape index (κ1) is 14.4. The molecular weight excluding hydrogens is 238 g/mol. The van der Waals surface area contributed by atoms with E-state index in [9.17, 15) is 9.59 Å². The van der Waals surface area contributed by atoms with Crippen molar-refractivity contribution in [1.29, 1.82) is 0 Å². The fraction of sp³-hybridized carbons (Fsp3) is 0.833. The van der Waals surface area contributed by atoms with Crippen LogP contribution in [0.25, 0.3) is 0 Å². The molecule has 0 bridgehead atoms. The van der Waals surface area contributed by atoms with Gasteiger partial charge in [-0.05, 0) is 30.3 Å². The Morgan fingerprint density at radius 3 is 2.47 bits per heavy atom. The molecule has 1 aliphatic heterocycles. The lowest BCUT2D eigenvalue weighted by molar-refractivity contribution is -0.144. The Labute approximate surface area is 107 Å². The van der Waals surface area contributed by atoms with Crippen LogP contribution < -0.4 is 5.32 Å². The van der Waals surface area contributed by atoms with Crippen LogP contribution in [0.15, 0.2) is 0 Å². The van der Waals surface area contributed by atoms with Gasteiger partial charge in [0.05, 0.1) is 0 Å². The van der Waals surface area contributed by atoms with Gasteiger partial charge in [-0.25, -0.2) is 4.79 Å². The highest BCUT2D eigenvalue weighted by Gasteiger charge is 2.29. The first-order valence-corrected chi connectivity index (χ1v) is 7.32. The maximum Gasteiger partial charge on any atom is 0.326 e. The highest BCUT2D eigenvalue weighted by atomic mass is 32.2. The Morgan fingerprint density at radius 2 is 2.00 bits per heavy atom. The average molecular weight is 259 g/mol. The predicted molar refractivity (Wildman–Crippen MR) is 69.1 cm³/mol. The van der Waals surface area contributed by atoms with Crippen molar-refractivity contribution in [3.05, 3.63) is 0 Å². The average Bonchev–Trinajstić information content (AvgIpc) is 2.35. The summed E-state index contributed by atoms with van der Waals surface area (Å²) in [6.07, 6.45) is 2.48. The van der Waals surface area contributed by atoms with Crippen LogP contribution in [0.5, 0.6) is 0 Å². The lowest BCUT2D eigenvalue weighted by Crippen LogP contribution is -2.47. The van der Waals surface area contributed by atoms with Gasteiger partial charge in [-0.2, -0.15) is 11.8 Å². The topological polar surface area (TPSA) is 66.4 Å². The van der Waals surface area contributed by atoms with Crippen molar-refractivity contribution in [3.63, 3.8) is 0 Å². The number of carbonyl (C=O) groups excluding carboxylic acids is 1. The van der Waals surface area contributed by atoms with Crippen molar-refractivity contribution in [2.45, 2.75) is 39.2 Å². The highest BCUT2D eigenvalue weighted by molar-refractivity contribution is 7.99. The van der Waals surface area contributed by atoms with Gasteiger partial charge >= 0.3 is 5.97 Å². The van der Waals surface area contributed by atoms with Crippen LogP contribution in [-0.2, 0) is 9.59 Å². The number of aliphatic carboxylic acids is 1. The molecule has 0 saturated carbocycles. The van der Waals surface area contributed by atoms with E-state index in [0.29, 0.717) is 0 Å². The number of nitrogens with one attached hydrogen (secondary N) is 1. The Balaban J connectivity index is 2.53. The van der Waals surface area contributed by atoms with Crippen molar-refractivity contribution < 1.29 is 14.7 Å². The van der Waals surface area contributed by atoms with E-state index >= 15 is 0 Å². The molecule has 1 aliphatic rings. The molecule has 0 aromatic carbocycles. The number of amides is 1. The van der Waals surface area contributed by atoms with Gasteiger partial charge < -0.3 is 10.4 Å². The third kappa shape index (κ3) is 4.22. The minimum absolute atomic E-state index is 0.00200. The SMILES string of the molecule is CC[C@H](C)[C@H](NC(=O)C1CCSCC1)C(=O)O. The summed E-state index contributed by atoms with van der Waals surface area (Å²) < 4.78 is 0. The minimum Gasteiger partial charge on any atom is -0.480 e. The van der Waals surface area contributed by atoms with Gasteiger partial charge in [-0.3, -0.25) is 4.79 Å². The van der Waals surface area contributed by atoms with E-state index in [-0.39, 0.29) is 17.7 Å². The van der Waals surface area contributed by atoms with E-state index in [1.807, 2.05) is 25.6 Å². The molecule has 2 N–H and O–H groups in total. The summed E-state index contributed by atoms with van der Waals surface area (Å²) in [7, 11) is 0. The molecule has 4 nitrogen and oxygen atoms in total. The standard InChI is InChI=1S/C12H21NO3S/c1-3-8(2)10(12(15)16)13-11(14)9-4-6-17-7-5-9/h8-10H,3-7H2,1-2H3,(H,13,14)(H,15,16)/t8-,10-/m0/s1. The van der Waals surface area contributed by atoms with Crippen molar-refractivity contribution in [3.8, 4) is 0 Å². The second kappa shape index (κ2) is 6.89. The third-order valence-corrected chi connectivity index (χ3v) is 4.42. The largest absolute Gasteiger partial charge is 0.480 e. The van der Waals surface area contributed by atoms with Gasteiger partial charge in [0.1, 0.15) is 6.04 Å². The zero-order valence-electron chi connectivity index (χ0n) is 10.4. The van der Waals surface area contributed by atoms with E-state index in [1.54, 1.807) is 0 Å². The van der Waals surface area contributed by atoms with E-state index in [2.05, 4.69) is 5.32 Å². The predicted octanol–water partition coefficient (Wildman–Crippen LogP) is 1.75. The quantitative estimate of drug-likeness (QED) is 0.789. The van der Waals surface area contributed by atoms with Crippen LogP contribution in [0.3, 0.4) is 0 Å². The van der Waals surface area contributed by atoms with Crippen molar-refractivity contribution in [2.75, 3.05) is 11.5 Å². The van der Waals surface area contributed by atoms with Gasteiger partial charge in [-0.1, -0.05) is 20.3 Å². The summed E-state index contributed by atoms with van der Waals surface area (Å²) in [5.41, 5.74) is 0. The molecule has 5 heteroatoms. The molecule has 1 rings (SSSR count). The lowest BCUT2D eigenvalue weighted by atomic mass is 9.96. The summed E-state index contributed by atoms with van der Waals surface area (Å²) in [5, 5.41) is 11.8. The molecule has 98 valence electrons. The van der Waals surface area contributed by atoms with Gasteiger partial charge in [0, 0.05) is 5.92 Å². The number of carbonyl (C=O) groups is 2. The zero-order chi connectivity index (χ0) is 12.8. The van der Waals surface area contributed by atoms with Crippen LogP contribution >= 0.6 is 11.8 Å². The Hall–Kier alpha value is -0.710. The summed E-state index contributed by atoms with van der Waals surface area (Å²) in [5.74, 6) is 0.950. The van der Waals surface area contributed by atoms with Gasteiger partial charge in [0.2, 0.25) is 5.91 Å². The zero-order valence-corrected chi connectivity index (χ0v) is 11.3. The highest BCUT2D eigenvalue weighted by Crippen LogP contribution is 2.23. The summed E-state index contributed by atoms with van der Waals surface area (Å²) in [6, 6.07) is -0.748. The van der Waals surface area contributed by atoms with Crippen LogP contribution in [0.4, 0.5) is 0 Å². The molecule has 0 spiro atoms. The molecule has 1 fully saturated rings. The maximum atomic E-state index is 11.9. The second-order valence-electron chi connectivity index (χ2n) is 4.60. The number of rotatable bonds is 5. The van der Waals surface area contributed by atoms with Crippen LogP contribution in [0.1, 0.15) is 33.1 Å². The van der Waals surface area contributed by atoms with E-state index in [4.69, 9.17) is 5.11 Å². The van der Waals surface area contributed by atoms with Gasteiger partial charge in [-0.15, -0.1) is 0 Å². The summed E-state index contributed by atoms with van der Waals surface area (Å²) in [4.78, 5) is 23.0. The minimum atomic E-state index is -0.933. The van der Waals surface area contributed by atoms with Crippen LogP contribution in [-0.4, -0.2) is 34.5 Å². The molecule has 1 saturated heterocycles. The fourth-order valence-corrected chi connectivity index (χ4v) is 3.02.